The highest BCUT2D eigenvalue weighted by Crippen LogP contribution is 2.38. The average molecular weight is 320 g/mol. The number of rotatable bonds is 7. The van der Waals surface area contributed by atoms with Crippen LogP contribution in [-0.4, -0.2) is 23.0 Å². The molecule has 1 saturated carbocycles. The Hall–Kier alpha value is -1.78. The maximum Gasteiger partial charge on any atom is 0.248 e. The number of ether oxygens (including phenoxy) is 1. The highest BCUT2D eigenvalue weighted by atomic mass is 19.3. The fourth-order valence-electron chi connectivity index (χ4n) is 2.77. The van der Waals surface area contributed by atoms with Crippen LogP contribution in [-0.2, 0) is 6.42 Å². The molecule has 124 valence electrons. The van der Waals surface area contributed by atoms with E-state index in [0.717, 1.165) is 18.4 Å². The van der Waals surface area contributed by atoms with Gasteiger partial charge in [0.05, 0.1) is 29.5 Å². The van der Waals surface area contributed by atoms with Crippen LogP contribution in [0.3, 0.4) is 0 Å². The molecule has 0 atom stereocenters. The number of hydrogen-bond acceptors (Lipinski definition) is 3. The molecule has 1 aromatic heterocycles. The second kappa shape index (κ2) is 6.38. The molecule has 0 unspecified atom stereocenters. The van der Waals surface area contributed by atoms with Crippen molar-refractivity contribution < 1.29 is 13.5 Å². The molecule has 5 heteroatoms. The number of fused-ring (bicyclic) bond motifs is 1. The molecule has 3 nitrogen and oxygen atoms in total. The summed E-state index contributed by atoms with van der Waals surface area (Å²) in [6, 6.07) is 5.43. The monoisotopic (exact) mass is 320 g/mol. The third-order valence-corrected chi connectivity index (χ3v) is 4.49. The number of hydrogen-bond donors (Lipinski definition) is 0. The molecule has 1 fully saturated rings. The van der Waals surface area contributed by atoms with E-state index in [2.05, 4.69) is 9.97 Å². The van der Waals surface area contributed by atoms with Gasteiger partial charge >= 0.3 is 0 Å². The topological polar surface area (TPSA) is 35.0 Å². The van der Waals surface area contributed by atoms with Crippen molar-refractivity contribution in [3.8, 4) is 5.75 Å². The average Bonchev–Trinajstić information content (AvgIpc) is 3.35. The Morgan fingerprint density at radius 2 is 1.96 bits per heavy atom. The first kappa shape index (κ1) is 16.1. The van der Waals surface area contributed by atoms with Gasteiger partial charge in [-0.15, -0.1) is 0 Å². The van der Waals surface area contributed by atoms with E-state index < -0.39 is 5.92 Å². The third-order valence-electron chi connectivity index (χ3n) is 4.49. The molecule has 2 aromatic rings. The fraction of sp³-hybridized carbons (Fsp3) is 0.556. The third kappa shape index (κ3) is 4.15. The lowest BCUT2D eigenvalue weighted by Crippen LogP contribution is -2.18. The molecule has 0 N–H and O–H groups in total. The Morgan fingerprint density at radius 1 is 1.17 bits per heavy atom. The van der Waals surface area contributed by atoms with Crippen molar-refractivity contribution in [2.24, 2.45) is 5.92 Å². The zero-order chi connectivity index (χ0) is 16.4. The van der Waals surface area contributed by atoms with Crippen LogP contribution in [0.15, 0.2) is 18.2 Å². The van der Waals surface area contributed by atoms with E-state index in [4.69, 9.17) is 4.74 Å². The van der Waals surface area contributed by atoms with Gasteiger partial charge in [0.25, 0.3) is 0 Å². The van der Waals surface area contributed by atoms with E-state index in [-0.39, 0.29) is 19.3 Å². The molecule has 1 aliphatic carbocycles. The van der Waals surface area contributed by atoms with Crippen LogP contribution in [0.1, 0.15) is 43.5 Å². The molecule has 0 aliphatic heterocycles. The summed E-state index contributed by atoms with van der Waals surface area (Å²) in [5.74, 6) is -1.35. The molecule has 1 aromatic carbocycles. The maximum absolute atomic E-state index is 14.0. The number of methoxy groups -OCH3 is 1. The van der Waals surface area contributed by atoms with Crippen LogP contribution in [0.5, 0.6) is 5.75 Å². The van der Waals surface area contributed by atoms with Crippen molar-refractivity contribution in [1.82, 2.24) is 9.97 Å². The molecular weight excluding hydrogens is 298 g/mol. The maximum atomic E-state index is 14.0. The first-order chi connectivity index (χ1) is 11.0. The van der Waals surface area contributed by atoms with Gasteiger partial charge in [-0.05, 0) is 37.8 Å². The second-order valence-corrected chi connectivity index (χ2v) is 6.45. The van der Waals surface area contributed by atoms with Gasteiger partial charge in [0.1, 0.15) is 5.75 Å². The molecule has 0 spiro atoms. The molecule has 3 rings (SSSR count). The molecule has 0 saturated heterocycles. The van der Waals surface area contributed by atoms with Crippen LogP contribution in [0.4, 0.5) is 8.78 Å². The Morgan fingerprint density at radius 3 is 2.65 bits per heavy atom. The lowest BCUT2D eigenvalue weighted by atomic mass is 10.0. The summed E-state index contributed by atoms with van der Waals surface area (Å²) in [4.78, 5) is 8.99. The highest BCUT2D eigenvalue weighted by molar-refractivity contribution is 5.76. The van der Waals surface area contributed by atoms with Gasteiger partial charge in [-0.25, -0.2) is 18.7 Å². The number of aromatic nitrogens is 2. The minimum absolute atomic E-state index is 0.00504. The van der Waals surface area contributed by atoms with Crippen molar-refractivity contribution in [3.05, 3.63) is 29.6 Å². The van der Waals surface area contributed by atoms with E-state index in [1.807, 2.05) is 19.1 Å². The van der Waals surface area contributed by atoms with E-state index >= 15 is 0 Å². The zero-order valence-corrected chi connectivity index (χ0v) is 13.6. The van der Waals surface area contributed by atoms with Crippen molar-refractivity contribution >= 4 is 11.0 Å². The van der Waals surface area contributed by atoms with Gasteiger partial charge in [0, 0.05) is 18.9 Å². The first-order valence-electron chi connectivity index (χ1n) is 8.16. The molecule has 0 bridgehead atoms. The fourth-order valence-corrected chi connectivity index (χ4v) is 2.77. The van der Waals surface area contributed by atoms with Crippen LogP contribution in [0.2, 0.25) is 0 Å². The van der Waals surface area contributed by atoms with Gasteiger partial charge in [-0.2, -0.15) is 0 Å². The number of nitrogens with zero attached hydrogens (tertiary/aromatic N) is 2. The Labute approximate surface area is 135 Å². The Bertz CT molecular complexity index is 699. The Kier molecular flexibility index (Phi) is 4.46. The summed E-state index contributed by atoms with van der Waals surface area (Å²) >= 11 is 0. The largest absolute Gasteiger partial charge is 0.497 e. The minimum atomic E-state index is -2.61. The van der Waals surface area contributed by atoms with Crippen LogP contribution in [0.25, 0.3) is 11.0 Å². The van der Waals surface area contributed by atoms with Crippen molar-refractivity contribution in [2.45, 2.75) is 51.4 Å². The van der Waals surface area contributed by atoms with Gasteiger partial charge in [0.2, 0.25) is 5.92 Å². The van der Waals surface area contributed by atoms with E-state index in [1.165, 1.54) is 0 Å². The van der Waals surface area contributed by atoms with Gasteiger partial charge < -0.3 is 4.74 Å². The summed E-state index contributed by atoms with van der Waals surface area (Å²) in [5, 5.41) is 0. The lowest BCUT2D eigenvalue weighted by molar-refractivity contribution is -0.0190. The van der Waals surface area contributed by atoms with Crippen molar-refractivity contribution in [3.63, 3.8) is 0 Å². The normalized spacial score (nSPS) is 15.1. The summed E-state index contributed by atoms with van der Waals surface area (Å²) in [6.45, 7) is 1.82. The SMILES string of the molecule is COc1ccc2nc(CCC(F)(F)CCC3CC3)c(C)nc2c1. The summed E-state index contributed by atoms with van der Waals surface area (Å²) in [7, 11) is 1.60. The van der Waals surface area contributed by atoms with Crippen molar-refractivity contribution in [1.29, 1.82) is 0 Å². The van der Waals surface area contributed by atoms with Gasteiger partial charge in [0.15, 0.2) is 0 Å². The lowest BCUT2D eigenvalue weighted by Gasteiger charge is -2.16. The van der Waals surface area contributed by atoms with Crippen LogP contribution < -0.4 is 4.74 Å². The molecular formula is C18H22F2N2O. The quantitative estimate of drug-likeness (QED) is 0.741. The number of alkyl halides is 2. The zero-order valence-electron chi connectivity index (χ0n) is 13.6. The van der Waals surface area contributed by atoms with E-state index in [9.17, 15) is 8.78 Å². The second-order valence-electron chi connectivity index (χ2n) is 6.45. The Balaban J connectivity index is 1.70. The molecule has 1 aliphatic rings. The summed E-state index contributed by atoms with van der Waals surface area (Å²) in [6.07, 6.45) is 2.99. The summed E-state index contributed by atoms with van der Waals surface area (Å²) in [5.41, 5.74) is 2.82. The number of aryl methyl sites for hydroxylation is 2. The minimum Gasteiger partial charge on any atom is -0.497 e. The smallest absolute Gasteiger partial charge is 0.248 e. The predicted octanol–water partition coefficient (Wildman–Crippen LogP) is 4.70. The van der Waals surface area contributed by atoms with E-state index in [0.29, 0.717) is 35.0 Å². The van der Waals surface area contributed by atoms with E-state index in [1.54, 1.807) is 13.2 Å². The highest BCUT2D eigenvalue weighted by Gasteiger charge is 2.32. The van der Waals surface area contributed by atoms with Crippen LogP contribution in [0, 0.1) is 12.8 Å². The van der Waals surface area contributed by atoms with Crippen LogP contribution >= 0.6 is 0 Å². The summed E-state index contributed by atoms with van der Waals surface area (Å²) < 4.78 is 33.1. The molecule has 0 radical (unpaired) electrons. The molecule has 23 heavy (non-hydrogen) atoms. The standard InChI is InChI=1S/C18H22F2N2O/c1-12-15(8-10-18(19,20)9-7-13-3-4-13)22-16-6-5-14(23-2)11-17(16)21-12/h5-6,11,13H,3-4,7-10H2,1-2H3. The predicted molar refractivity (Wildman–Crippen MR) is 86.1 cm³/mol. The molecule has 0 amide bonds. The van der Waals surface area contributed by atoms with Gasteiger partial charge in [-0.1, -0.05) is 12.8 Å². The number of halogens is 2. The van der Waals surface area contributed by atoms with Gasteiger partial charge in [-0.3, -0.25) is 0 Å². The first-order valence-corrected chi connectivity index (χ1v) is 8.16. The number of benzene rings is 1. The van der Waals surface area contributed by atoms with Crippen molar-refractivity contribution in [2.75, 3.05) is 7.11 Å². The molecule has 1 heterocycles.